The molecule has 0 radical (unpaired) electrons. The van der Waals surface area contributed by atoms with E-state index in [2.05, 4.69) is 41.4 Å². The topological polar surface area (TPSA) is 75.4 Å². The Kier molecular flexibility index (Phi) is 6.82. The number of hydrogen-bond acceptors (Lipinski definition) is 3. The zero-order valence-electron chi connectivity index (χ0n) is 16.4. The van der Waals surface area contributed by atoms with E-state index in [4.69, 9.17) is 5.73 Å². The van der Waals surface area contributed by atoms with Crippen LogP contribution in [0.25, 0.3) is 0 Å². The van der Waals surface area contributed by atoms with Crippen molar-refractivity contribution in [2.45, 2.75) is 31.7 Å². The molecule has 1 aliphatic heterocycles. The van der Waals surface area contributed by atoms with Crippen molar-refractivity contribution >= 4 is 11.8 Å². The highest BCUT2D eigenvalue weighted by Gasteiger charge is 2.26. The molecular formula is C23H29N3O2. The molecule has 1 fully saturated rings. The second-order valence-electron chi connectivity index (χ2n) is 7.61. The van der Waals surface area contributed by atoms with Gasteiger partial charge in [-0.15, -0.1) is 0 Å². The Labute approximate surface area is 166 Å². The Hall–Kier alpha value is -2.66. The molecule has 3 rings (SSSR count). The summed E-state index contributed by atoms with van der Waals surface area (Å²) in [7, 11) is 0. The fourth-order valence-corrected chi connectivity index (χ4v) is 4.05. The summed E-state index contributed by atoms with van der Waals surface area (Å²) >= 11 is 0. The highest BCUT2D eigenvalue weighted by molar-refractivity contribution is 5.79. The minimum absolute atomic E-state index is 0.0156. The normalized spacial score (nSPS) is 16.6. The number of nitrogens with zero attached hydrogens (tertiary/aromatic N) is 1. The molecule has 1 unspecified atom stereocenters. The lowest BCUT2D eigenvalue weighted by Crippen LogP contribution is -2.46. The molecule has 1 saturated heterocycles. The van der Waals surface area contributed by atoms with Gasteiger partial charge in [0, 0.05) is 17.9 Å². The smallest absolute Gasteiger partial charge is 0.234 e. The lowest BCUT2D eigenvalue weighted by molar-refractivity contribution is -0.124. The summed E-state index contributed by atoms with van der Waals surface area (Å²) in [6.07, 6.45) is 1.46. The van der Waals surface area contributed by atoms with E-state index in [1.54, 1.807) is 0 Å². The average molecular weight is 380 g/mol. The first-order chi connectivity index (χ1) is 13.5. The zero-order valence-corrected chi connectivity index (χ0v) is 16.4. The first kappa shape index (κ1) is 20.1. The van der Waals surface area contributed by atoms with Gasteiger partial charge in [0.1, 0.15) is 0 Å². The summed E-state index contributed by atoms with van der Waals surface area (Å²) in [4.78, 5) is 26.1. The van der Waals surface area contributed by atoms with Crippen LogP contribution in [0.4, 0.5) is 0 Å². The molecule has 148 valence electrons. The van der Waals surface area contributed by atoms with Crippen molar-refractivity contribution in [3.8, 4) is 0 Å². The molecule has 0 aromatic heterocycles. The maximum atomic E-state index is 12.7. The summed E-state index contributed by atoms with van der Waals surface area (Å²) in [5, 5.41) is 3.19. The predicted octanol–water partition coefficient (Wildman–Crippen LogP) is 2.52. The number of rotatable bonds is 7. The standard InChI is InChI=1S/C23H29N3O2/c1-17(25-21(27)16-26-14-12-20(13-15-26)23(24)28)22(18-8-4-2-5-9-18)19-10-6-3-7-11-19/h2-11,17,20,22H,12-16H2,1H3,(H2,24,28)(H,25,27). The number of nitrogens with one attached hydrogen (secondary N) is 1. The average Bonchev–Trinajstić information content (AvgIpc) is 2.70. The summed E-state index contributed by atoms with van der Waals surface area (Å²) in [6.45, 7) is 3.88. The number of nitrogens with two attached hydrogens (primary N) is 1. The van der Waals surface area contributed by atoms with Crippen LogP contribution in [0.1, 0.15) is 36.8 Å². The van der Waals surface area contributed by atoms with Gasteiger partial charge < -0.3 is 11.1 Å². The molecule has 0 saturated carbocycles. The van der Waals surface area contributed by atoms with E-state index < -0.39 is 0 Å². The van der Waals surface area contributed by atoms with Gasteiger partial charge in [0.2, 0.25) is 11.8 Å². The fourth-order valence-electron chi connectivity index (χ4n) is 4.05. The van der Waals surface area contributed by atoms with E-state index in [0.29, 0.717) is 6.54 Å². The van der Waals surface area contributed by atoms with Crippen LogP contribution in [0.2, 0.25) is 0 Å². The van der Waals surface area contributed by atoms with Crippen molar-refractivity contribution in [1.29, 1.82) is 0 Å². The third kappa shape index (κ3) is 5.20. The number of benzene rings is 2. The van der Waals surface area contributed by atoms with Crippen molar-refractivity contribution in [2.24, 2.45) is 11.7 Å². The van der Waals surface area contributed by atoms with Crippen LogP contribution in [-0.2, 0) is 9.59 Å². The number of carbonyl (C=O) groups is 2. The Balaban J connectivity index is 1.63. The Bertz CT molecular complexity index is 731. The van der Waals surface area contributed by atoms with E-state index in [0.717, 1.165) is 25.9 Å². The van der Waals surface area contributed by atoms with Gasteiger partial charge in [0.15, 0.2) is 0 Å². The van der Waals surface area contributed by atoms with E-state index in [1.165, 1.54) is 11.1 Å². The largest absolute Gasteiger partial charge is 0.369 e. The minimum atomic E-state index is -0.230. The summed E-state index contributed by atoms with van der Waals surface area (Å²) < 4.78 is 0. The maximum Gasteiger partial charge on any atom is 0.234 e. The van der Waals surface area contributed by atoms with E-state index in [9.17, 15) is 9.59 Å². The van der Waals surface area contributed by atoms with Crippen molar-refractivity contribution in [3.05, 3.63) is 71.8 Å². The summed E-state index contributed by atoms with van der Waals surface area (Å²) in [5.74, 6) is -0.182. The van der Waals surface area contributed by atoms with E-state index >= 15 is 0 Å². The Morgan fingerprint density at radius 1 is 1.00 bits per heavy atom. The predicted molar refractivity (Wildman–Crippen MR) is 111 cm³/mol. The molecule has 2 aromatic rings. The molecule has 1 atom stereocenters. The van der Waals surface area contributed by atoms with Gasteiger partial charge >= 0.3 is 0 Å². The van der Waals surface area contributed by atoms with Gasteiger partial charge in [0.25, 0.3) is 0 Å². The molecule has 0 bridgehead atoms. The molecule has 2 aromatic carbocycles. The van der Waals surface area contributed by atoms with Crippen LogP contribution < -0.4 is 11.1 Å². The third-order valence-electron chi connectivity index (χ3n) is 5.56. The van der Waals surface area contributed by atoms with Crippen LogP contribution in [0.15, 0.2) is 60.7 Å². The highest BCUT2D eigenvalue weighted by atomic mass is 16.2. The SMILES string of the molecule is CC(NC(=O)CN1CCC(C(N)=O)CC1)C(c1ccccc1)c1ccccc1. The quantitative estimate of drug-likeness (QED) is 0.776. The molecule has 1 aliphatic rings. The number of likely N-dealkylation sites (tertiary alicyclic amines) is 1. The molecule has 5 heteroatoms. The van der Waals surface area contributed by atoms with Gasteiger partial charge in [-0.25, -0.2) is 0 Å². The van der Waals surface area contributed by atoms with Gasteiger partial charge in [-0.1, -0.05) is 60.7 Å². The van der Waals surface area contributed by atoms with Gasteiger partial charge in [0.05, 0.1) is 6.54 Å². The lowest BCUT2D eigenvalue weighted by atomic mass is 9.86. The van der Waals surface area contributed by atoms with Gasteiger partial charge in [-0.05, 0) is 44.0 Å². The maximum absolute atomic E-state index is 12.7. The molecule has 2 amide bonds. The summed E-state index contributed by atoms with van der Waals surface area (Å²) in [6, 6.07) is 20.5. The second-order valence-corrected chi connectivity index (χ2v) is 7.61. The van der Waals surface area contributed by atoms with Gasteiger partial charge in [-0.2, -0.15) is 0 Å². The number of piperidine rings is 1. The van der Waals surface area contributed by atoms with Crippen LogP contribution in [0.3, 0.4) is 0 Å². The fraction of sp³-hybridized carbons (Fsp3) is 0.391. The number of hydrogen-bond donors (Lipinski definition) is 2. The molecule has 5 nitrogen and oxygen atoms in total. The van der Waals surface area contributed by atoms with Crippen molar-refractivity contribution in [2.75, 3.05) is 19.6 Å². The highest BCUT2D eigenvalue weighted by Crippen LogP contribution is 2.28. The molecule has 3 N–H and O–H groups in total. The van der Waals surface area contributed by atoms with Crippen LogP contribution in [0.5, 0.6) is 0 Å². The molecule has 0 spiro atoms. The summed E-state index contributed by atoms with van der Waals surface area (Å²) in [5.41, 5.74) is 7.75. The number of primary amides is 1. The van der Waals surface area contributed by atoms with Crippen molar-refractivity contribution in [1.82, 2.24) is 10.2 Å². The molecular weight excluding hydrogens is 350 g/mol. The Morgan fingerprint density at radius 3 is 1.96 bits per heavy atom. The minimum Gasteiger partial charge on any atom is -0.369 e. The monoisotopic (exact) mass is 379 g/mol. The zero-order chi connectivity index (χ0) is 19.9. The van der Waals surface area contributed by atoms with E-state index in [1.807, 2.05) is 36.4 Å². The number of amides is 2. The first-order valence-electron chi connectivity index (χ1n) is 9.95. The molecule has 0 aliphatic carbocycles. The van der Waals surface area contributed by atoms with Crippen LogP contribution in [-0.4, -0.2) is 42.4 Å². The van der Waals surface area contributed by atoms with E-state index in [-0.39, 0.29) is 29.7 Å². The van der Waals surface area contributed by atoms with Gasteiger partial charge in [-0.3, -0.25) is 14.5 Å². The second kappa shape index (κ2) is 9.51. The van der Waals surface area contributed by atoms with Crippen molar-refractivity contribution < 1.29 is 9.59 Å². The molecule has 28 heavy (non-hydrogen) atoms. The third-order valence-corrected chi connectivity index (χ3v) is 5.56. The van der Waals surface area contributed by atoms with Crippen LogP contribution in [0, 0.1) is 5.92 Å². The molecule has 1 heterocycles. The first-order valence-corrected chi connectivity index (χ1v) is 9.95. The Morgan fingerprint density at radius 2 is 1.50 bits per heavy atom. The van der Waals surface area contributed by atoms with Crippen LogP contribution >= 0.6 is 0 Å². The van der Waals surface area contributed by atoms with Crippen molar-refractivity contribution in [3.63, 3.8) is 0 Å². The lowest BCUT2D eigenvalue weighted by Gasteiger charge is -2.31. The number of carbonyl (C=O) groups excluding carboxylic acids is 2.